The maximum atomic E-state index is 5.63. The highest BCUT2D eigenvalue weighted by atomic mass is 16.5. The smallest absolute Gasteiger partial charge is 0.0727 e. The van der Waals surface area contributed by atoms with Crippen LogP contribution < -0.4 is 0 Å². The van der Waals surface area contributed by atoms with Crippen molar-refractivity contribution < 1.29 is 4.74 Å². The van der Waals surface area contributed by atoms with Gasteiger partial charge in [-0.2, -0.15) is 0 Å². The van der Waals surface area contributed by atoms with E-state index in [2.05, 4.69) is 21.8 Å². The predicted octanol–water partition coefficient (Wildman–Crippen LogP) is 2.03. The fraction of sp³-hybridized carbons (Fsp3) is 0.714. The van der Waals surface area contributed by atoms with Crippen LogP contribution in [0.4, 0.5) is 0 Å². The van der Waals surface area contributed by atoms with Gasteiger partial charge < -0.3 is 4.74 Å². The zero-order chi connectivity index (χ0) is 12.8. The van der Waals surface area contributed by atoms with Gasteiger partial charge in [0.2, 0.25) is 0 Å². The molecule has 1 aliphatic rings. The Labute approximate surface area is 109 Å². The molecule has 0 radical (unpaired) electrons. The summed E-state index contributed by atoms with van der Waals surface area (Å²) in [5, 5.41) is 0. The molecule has 0 spiro atoms. The second kappa shape index (κ2) is 6.81. The third-order valence-electron chi connectivity index (χ3n) is 3.29. The van der Waals surface area contributed by atoms with Crippen LogP contribution in [0.2, 0.25) is 0 Å². The molecular formula is C14H23N3O. The highest BCUT2D eigenvalue weighted by Crippen LogP contribution is 2.18. The van der Waals surface area contributed by atoms with Gasteiger partial charge in [-0.3, -0.25) is 14.9 Å². The van der Waals surface area contributed by atoms with Crippen molar-refractivity contribution in [2.75, 3.05) is 26.3 Å². The first-order chi connectivity index (χ1) is 8.78. The summed E-state index contributed by atoms with van der Waals surface area (Å²) in [6, 6.07) is 0. The van der Waals surface area contributed by atoms with E-state index in [1.54, 1.807) is 0 Å². The molecule has 0 amide bonds. The Morgan fingerprint density at radius 3 is 3.00 bits per heavy atom. The van der Waals surface area contributed by atoms with Gasteiger partial charge in [0.05, 0.1) is 18.0 Å². The van der Waals surface area contributed by atoms with Crippen LogP contribution in [0.3, 0.4) is 0 Å². The second-order valence-electron chi connectivity index (χ2n) is 5.11. The summed E-state index contributed by atoms with van der Waals surface area (Å²) in [6.07, 6.45) is 6.07. The largest absolute Gasteiger partial charge is 0.381 e. The molecule has 1 aromatic rings. The minimum absolute atomic E-state index is 0.690. The fourth-order valence-electron chi connectivity index (χ4n) is 2.32. The standard InChI is InChI=1S/C14H23N3O/c1-3-6-18-11-13-4-5-17(9-13)10-14-8-15-12(2)7-16-14/h7-8,13H,3-6,9-11H2,1-2H3/t13-/m0/s1. The molecule has 1 atom stereocenters. The number of hydrogen-bond donors (Lipinski definition) is 0. The van der Waals surface area contributed by atoms with Crippen molar-refractivity contribution in [2.24, 2.45) is 5.92 Å². The summed E-state index contributed by atoms with van der Waals surface area (Å²) in [4.78, 5) is 11.1. The molecule has 2 heterocycles. The SMILES string of the molecule is CCCOC[C@H]1CCN(Cc2cnc(C)cn2)C1. The van der Waals surface area contributed by atoms with Crippen molar-refractivity contribution in [3.63, 3.8) is 0 Å². The first-order valence-corrected chi connectivity index (χ1v) is 6.85. The highest BCUT2D eigenvalue weighted by molar-refractivity contribution is 5.00. The molecule has 0 unspecified atom stereocenters. The summed E-state index contributed by atoms with van der Waals surface area (Å²) in [6.45, 7) is 9.10. The molecule has 0 saturated carbocycles. The maximum absolute atomic E-state index is 5.63. The number of hydrogen-bond acceptors (Lipinski definition) is 4. The lowest BCUT2D eigenvalue weighted by molar-refractivity contribution is 0.101. The van der Waals surface area contributed by atoms with Gasteiger partial charge in [-0.25, -0.2) is 0 Å². The number of nitrogens with zero attached hydrogens (tertiary/aromatic N) is 3. The van der Waals surface area contributed by atoms with Crippen LogP contribution >= 0.6 is 0 Å². The summed E-state index contributed by atoms with van der Waals surface area (Å²) in [7, 11) is 0. The first-order valence-electron chi connectivity index (χ1n) is 6.85. The average molecular weight is 249 g/mol. The summed E-state index contributed by atoms with van der Waals surface area (Å²) >= 11 is 0. The van der Waals surface area contributed by atoms with Gasteiger partial charge in [0.1, 0.15) is 0 Å². The molecule has 4 nitrogen and oxygen atoms in total. The third kappa shape index (κ3) is 4.03. The van der Waals surface area contributed by atoms with Gasteiger partial charge in [-0.1, -0.05) is 6.92 Å². The van der Waals surface area contributed by atoms with Crippen LogP contribution in [0.15, 0.2) is 12.4 Å². The molecule has 4 heteroatoms. The molecule has 18 heavy (non-hydrogen) atoms. The van der Waals surface area contributed by atoms with E-state index in [0.29, 0.717) is 5.92 Å². The number of aromatic nitrogens is 2. The van der Waals surface area contributed by atoms with Crippen LogP contribution in [0, 0.1) is 12.8 Å². The van der Waals surface area contributed by atoms with Gasteiger partial charge >= 0.3 is 0 Å². The zero-order valence-electron chi connectivity index (χ0n) is 11.4. The van der Waals surface area contributed by atoms with E-state index in [1.807, 2.05) is 19.3 Å². The Morgan fingerprint density at radius 1 is 1.39 bits per heavy atom. The van der Waals surface area contributed by atoms with Crippen LogP contribution in [0.1, 0.15) is 31.2 Å². The monoisotopic (exact) mass is 249 g/mol. The Kier molecular flexibility index (Phi) is 5.08. The first kappa shape index (κ1) is 13.4. The molecule has 0 aliphatic carbocycles. The van der Waals surface area contributed by atoms with Crippen molar-refractivity contribution in [2.45, 2.75) is 33.2 Å². The topological polar surface area (TPSA) is 38.2 Å². The summed E-state index contributed by atoms with van der Waals surface area (Å²) in [5.41, 5.74) is 2.04. The molecule has 1 fully saturated rings. The molecular weight excluding hydrogens is 226 g/mol. The van der Waals surface area contributed by atoms with Crippen LogP contribution in [-0.2, 0) is 11.3 Å². The van der Waals surface area contributed by atoms with Crippen molar-refractivity contribution in [3.8, 4) is 0 Å². The van der Waals surface area contributed by atoms with E-state index >= 15 is 0 Å². The lowest BCUT2D eigenvalue weighted by atomic mass is 10.1. The zero-order valence-corrected chi connectivity index (χ0v) is 11.4. The fourth-order valence-corrected chi connectivity index (χ4v) is 2.32. The van der Waals surface area contributed by atoms with E-state index in [-0.39, 0.29) is 0 Å². The Hall–Kier alpha value is -1.00. The molecule has 2 rings (SSSR count). The summed E-state index contributed by atoms with van der Waals surface area (Å²) in [5.74, 6) is 0.690. The van der Waals surface area contributed by atoms with Crippen LogP contribution in [-0.4, -0.2) is 41.2 Å². The van der Waals surface area contributed by atoms with Crippen LogP contribution in [0.5, 0.6) is 0 Å². The van der Waals surface area contributed by atoms with E-state index < -0.39 is 0 Å². The number of likely N-dealkylation sites (tertiary alicyclic amines) is 1. The van der Waals surface area contributed by atoms with Gasteiger partial charge in [0, 0.05) is 32.1 Å². The molecule has 0 N–H and O–H groups in total. The molecule has 0 bridgehead atoms. The van der Waals surface area contributed by atoms with Crippen molar-refractivity contribution in [1.82, 2.24) is 14.9 Å². The van der Waals surface area contributed by atoms with E-state index in [1.165, 1.54) is 6.42 Å². The quantitative estimate of drug-likeness (QED) is 0.723. The van der Waals surface area contributed by atoms with Crippen molar-refractivity contribution >= 4 is 0 Å². The van der Waals surface area contributed by atoms with Crippen LogP contribution in [0.25, 0.3) is 0 Å². The molecule has 0 aromatic carbocycles. The van der Waals surface area contributed by atoms with Gasteiger partial charge in [-0.05, 0) is 32.2 Å². The summed E-state index contributed by atoms with van der Waals surface area (Å²) < 4.78 is 5.63. The van der Waals surface area contributed by atoms with Crippen molar-refractivity contribution in [1.29, 1.82) is 0 Å². The molecule has 100 valence electrons. The third-order valence-corrected chi connectivity index (χ3v) is 3.29. The molecule has 1 aromatic heterocycles. The number of rotatable bonds is 6. The van der Waals surface area contributed by atoms with Gasteiger partial charge in [-0.15, -0.1) is 0 Å². The Balaban J connectivity index is 1.73. The second-order valence-corrected chi connectivity index (χ2v) is 5.11. The predicted molar refractivity (Wildman–Crippen MR) is 71.3 cm³/mol. The lowest BCUT2D eigenvalue weighted by Crippen LogP contribution is -2.22. The van der Waals surface area contributed by atoms with E-state index in [4.69, 9.17) is 4.74 Å². The Morgan fingerprint density at radius 2 is 2.28 bits per heavy atom. The minimum atomic E-state index is 0.690. The van der Waals surface area contributed by atoms with Crippen molar-refractivity contribution in [3.05, 3.63) is 23.8 Å². The average Bonchev–Trinajstić information content (AvgIpc) is 2.80. The lowest BCUT2D eigenvalue weighted by Gasteiger charge is -2.15. The van der Waals surface area contributed by atoms with E-state index in [0.717, 1.165) is 50.7 Å². The minimum Gasteiger partial charge on any atom is -0.381 e. The Bertz CT molecular complexity index is 353. The molecule has 1 saturated heterocycles. The highest BCUT2D eigenvalue weighted by Gasteiger charge is 2.22. The number of aryl methyl sites for hydroxylation is 1. The van der Waals surface area contributed by atoms with E-state index in [9.17, 15) is 0 Å². The maximum Gasteiger partial charge on any atom is 0.0727 e. The molecule has 1 aliphatic heterocycles. The number of ether oxygens (including phenoxy) is 1. The normalized spacial score (nSPS) is 20.4. The van der Waals surface area contributed by atoms with Gasteiger partial charge in [0.25, 0.3) is 0 Å². The van der Waals surface area contributed by atoms with Gasteiger partial charge in [0.15, 0.2) is 0 Å².